The number of amides is 1. The maximum absolute atomic E-state index is 11.3. The van der Waals surface area contributed by atoms with Gasteiger partial charge in [-0.05, 0) is 23.4 Å². The molecule has 0 spiro atoms. The average Bonchev–Trinajstić information content (AvgIpc) is 2.90. The SMILES string of the molecule is CC(C)C(Nc1cc(C(N)=O)c(N)cn1)c1cccs1. The number of pyridine rings is 1. The minimum absolute atomic E-state index is 0.131. The minimum Gasteiger partial charge on any atom is -0.397 e. The first-order valence-corrected chi connectivity index (χ1v) is 7.22. The Hall–Kier alpha value is -2.08. The molecule has 1 unspecified atom stereocenters. The third kappa shape index (κ3) is 3.08. The number of carbonyl (C=O) groups is 1. The second kappa shape index (κ2) is 5.92. The number of aromatic nitrogens is 1. The van der Waals surface area contributed by atoms with Crippen molar-refractivity contribution in [2.75, 3.05) is 11.1 Å². The van der Waals surface area contributed by atoms with Gasteiger partial charge in [0.15, 0.2) is 0 Å². The monoisotopic (exact) mass is 290 g/mol. The van der Waals surface area contributed by atoms with Crippen LogP contribution in [0.1, 0.15) is 35.1 Å². The van der Waals surface area contributed by atoms with Gasteiger partial charge >= 0.3 is 0 Å². The Kier molecular flexibility index (Phi) is 4.24. The summed E-state index contributed by atoms with van der Waals surface area (Å²) < 4.78 is 0. The Morgan fingerprint density at radius 3 is 2.75 bits per heavy atom. The second-order valence-electron chi connectivity index (χ2n) is 4.90. The normalized spacial score (nSPS) is 12.3. The summed E-state index contributed by atoms with van der Waals surface area (Å²) in [5, 5.41) is 5.38. The lowest BCUT2D eigenvalue weighted by Crippen LogP contribution is -2.18. The minimum atomic E-state index is -0.551. The van der Waals surface area contributed by atoms with E-state index in [0.717, 1.165) is 0 Å². The van der Waals surface area contributed by atoms with Gasteiger partial charge in [0.1, 0.15) is 5.82 Å². The van der Waals surface area contributed by atoms with Crippen molar-refractivity contribution in [2.24, 2.45) is 11.7 Å². The van der Waals surface area contributed by atoms with Crippen LogP contribution in [0.3, 0.4) is 0 Å². The topological polar surface area (TPSA) is 94.0 Å². The molecule has 0 aliphatic heterocycles. The molecule has 2 aromatic heterocycles. The lowest BCUT2D eigenvalue weighted by molar-refractivity contribution is 0.100. The first kappa shape index (κ1) is 14.3. The van der Waals surface area contributed by atoms with E-state index in [1.165, 1.54) is 11.1 Å². The van der Waals surface area contributed by atoms with E-state index < -0.39 is 5.91 Å². The lowest BCUT2D eigenvalue weighted by atomic mass is 10.0. The molecular weight excluding hydrogens is 272 g/mol. The molecule has 20 heavy (non-hydrogen) atoms. The molecule has 0 aliphatic rings. The maximum Gasteiger partial charge on any atom is 0.250 e. The Bertz CT molecular complexity index is 595. The molecule has 0 fully saturated rings. The molecule has 0 bridgehead atoms. The van der Waals surface area contributed by atoms with E-state index >= 15 is 0 Å². The first-order chi connectivity index (χ1) is 9.49. The lowest BCUT2D eigenvalue weighted by Gasteiger charge is -2.22. The average molecular weight is 290 g/mol. The number of primary amides is 1. The number of rotatable bonds is 5. The highest BCUT2D eigenvalue weighted by Gasteiger charge is 2.18. The van der Waals surface area contributed by atoms with Crippen molar-refractivity contribution in [1.29, 1.82) is 0 Å². The summed E-state index contributed by atoms with van der Waals surface area (Å²) >= 11 is 1.69. The van der Waals surface area contributed by atoms with Crippen LogP contribution in [0.4, 0.5) is 11.5 Å². The van der Waals surface area contributed by atoms with Crippen LogP contribution in [0.25, 0.3) is 0 Å². The Labute approximate surface area is 122 Å². The number of nitrogen functional groups attached to an aromatic ring is 1. The molecular formula is C14H18N4OS. The molecule has 1 atom stereocenters. The van der Waals surface area contributed by atoms with Gasteiger partial charge in [0.05, 0.1) is 23.5 Å². The smallest absolute Gasteiger partial charge is 0.250 e. The van der Waals surface area contributed by atoms with Crippen molar-refractivity contribution in [1.82, 2.24) is 4.98 Å². The van der Waals surface area contributed by atoms with Crippen LogP contribution in [-0.2, 0) is 0 Å². The van der Waals surface area contributed by atoms with Crippen LogP contribution in [0.2, 0.25) is 0 Å². The maximum atomic E-state index is 11.3. The molecule has 6 heteroatoms. The zero-order valence-electron chi connectivity index (χ0n) is 11.5. The van der Waals surface area contributed by atoms with Crippen molar-refractivity contribution in [2.45, 2.75) is 19.9 Å². The molecule has 106 valence electrons. The van der Waals surface area contributed by atoms with Crippen LogP contribution in [0, 0.1) is 5.92 Å². The van der Waals surface area contributed by atoms with E-state index in [2.05, 4.69) is 30.2 Å². The second-order valence-corrected chi connectivity index (χ2v) is 5.88. The Balaban J connectivity index is 2.28. The number of thiophene rings is 1. The summed E-state index contributed by atoms with van der Waals surface area (Å²) in [5.41, 5.74) is 11.6. The summed E-state index contributed by atoms with van der Waals surface area (Å²) in [6, 6.07) is 5.82. The van der Waals surface area contributed by atoms with Gasteiger partial charge in [0.2, 0.25) is 0 Å². The first-order valence-electron chi connectivity index (χ1n) is 6.34. The van der Waals surface area contributed by atoms with Crippen molar-refractivity contribution < 1.29 is 4.79 Å². The van der Waals surface area contributed by atoms with Gasteiger partial charge in [-0.3, -0.25) is 4.79 Å². The predicted octanol–water partition coefficient (Wildman–Crippen LogP) is 2.63. The van der Waals surface area contributed by atoms with Gasteiger partial charge in [-0.25, -0.2) is 4.98 Å². The third-order valence-corrected chi connectivity index (χ3v) is 3.98. The molecule has 0 aromatic carbocycles. The fourth-order valence-electron chi connectivity index (χ4n) is 1.95. The summed E-state index contributed by atoms with van der Waals surface area (Å²) in [7, 11) is 0. The largest absolute Gasteiger partial charge is 0.397 e. The number of nitrogens with zero attached hydrogens (tertiary/aromatic N) is 1. The third-order valence-electron chi connectivity index (χ3n) is 3.02. The standard InChI is InChI=1S/C14H18N4OS/c1-8(2)13(11-4-3-5-20-11)18-12-6-9(14(16)19)10(15)7-17-12/h3-8,13H,15H2,1-2H3,(H2,16,19)(H,17,18). The van der Waals surface area contributed by atoms with Crippen LogP contribution in [-0.4, -0.2) is 10.9 Å². The Morgan fingerprint density at radius 2 is 2.20 bits per heavy atom. The molecule has 2 rings (SSSR count). The van der Waals surface area contributed by atoms with Gasteiger partial charge in [0.25, 0.3) is 5.91 Å². The molecule has 2 aromatic rings. The number of anilines is 2. The number of hydrogen-bond acceptors (Lipinski definition) is 5. The zero-order chi connectivity index (χ0) is 14.7. The number of hydrogen-bond donors (Lipinski definition) is 3. The van der Waals surface area contributed by atoms with Crippen molar-refractivity contribution in [3.63, 3.8) is 0 Å². The predicted molar refractivity (Wildman–Crippen MR) is 82.7 cm³/mol. The molecule has 0 saturated heterocycles. The quantitative estimate of drug-likeness (QED) is 0.789. The van der Waals surface area contributed by atoms with Crippen LogP contribution >= 0.6 is 11.3 Å². The molecule has 0 saturated carbocycles. The van der Waals surface area contributed by atoms with E-state index in [0.29, 0.717) is 17.4 Å². The number of carbonyl (C=O) groups excluding carboxylic acids is 1. The van der Waals surface area contributed by atoms with Gasteiger partial charge in [0, 0.05) is 4.88 Å². The van der Waals surface area contributed by atoms with Crippen LogP contribution in [0.5, 0.6) is 0 Å². The molecule has 2 heterocycles. The summed E-state index contributed by atoms with van der Waals surface area (Å²) in [5.74, 6) is 0.426. The molecule has 1 amide bonds. The zero-order valence-corrected chi connectivity index (χ0v) is 12.3. The molecule has 5 N–H and O–H groups in total. The van der Waals surface area contributed by atoms with E-state index in [-0.39, 0.29) is 11.6 Å². The number of nitrogens with one attached hydrogen (secondary N) is 1. The van der Waals surface area contributed by atoms with E-state index in [4.69, 9.17) is 11.5 Å². The van der Waals surface area contributed by atoms with Gasteiger partial charge in [-0.15, -0.1) is 11.3 Å². The van der Waals surface area contributed by atoms with Gasteiger partial charge < -0.3 is 16.8 Å². The molecule has 0 radical (unpaired) electrons. The highest BCUT2D eigenvalue weighted by molar-refractivity contribution is 7.10. The van der Waals surface area contributed by atoms with Crippen molar-refractivity contribution >= 4 is 28.7 Å². The summed E-state index contributed by atoms with van der Waals surface area (Å²) in [6.07, 6.45) is 1.45. The van der Waals surface area contributed by atoms with Crippen LogP contribution < -0.4 is 16.8 Å². The highest BCUT2D eigenvalue weighted by atomic mass is 32.1. The van der Waals surface area contributed by atoms with E-state index in [9.17, 15) is 4.79 Å². The molecule has 0 aliphatic carbocycles. The van der Waals surface area contributed by atoms with E-state index in [1.807, 2.05) is 11.4 Å². The fraction of sp³-hybridized carbons (Fsp3) is 0.286. The van der Waals surface area contributed by atoms with Crippen molar-refractivity contribution in [3.8, 4) is 0 Å². The fourth-order valence-corrected chi connectivity index (χ4v) is 2.90. The van der Waals surface area contributed by atoms with Crippen molar-refractivity contribution in [3.05, 3.63) is 40.2 Å². The van der Waals surface area contributed by atoms with E-state index in [1.54, 1.807) is 17.4 Å². The van der Waals surface area contributed by atoms with Gasteiger partial charge in [-0.1, -0.05) is 19.9 Å². The molecule has 5 nitrogen and oxygen atoms in total. The van der Waals surface area contributed by atoms with Gasteiger partial charge in [-0.2, -0.15) is 0 Å². The highest BCUT2D eigenvalue weighted by Crippen LogP contribution is 2.29. The summed E-state index contributed by atoms with van der Waals surface area (Å²) in [4.78, 5) is 16.7. The van der Waals surface area contributed by atoms with Crippen LogP contribution in [0.15, 0.2) is 29.8 Å². The Morgan fingerprint density at radius 1 is 1.45 bits per heavy atom. The number of nitrogens with two attached hydrogens (primary N) is 2. The summed E-state index contributed by atoms with van der Waals surface area (Å²) in [6.45, 7) is 4.26.